The zero-order valence-electron chi connectivity index (χ0n) is 12.6. The third-order valence-electron chi connectivity index (χ3n) is 3.94. The molecule has 0 saturated heterocycles. The van der Waals surface area contributed by atoms with Gasteiger partial charge in [0.15, 0.2) is 0 Å². The lowest BCUT2D eigenvalue weighted by atomic mass is 10.1. The first-order chi connectivity index (χ1) is 10.7. The van der Waals surface area contributed by atoms with Gasteiger partial charge < -0.3 is 5.73 Å². The molecule has 1 aromatic carbocycles. The Bertz CT molecular complexity index is 676. The molecule has 0 aliphatic heterocycles. The Labute approximate surface area is 133 Å². The van der Waals surface area contributed by atoms with Crippen LogP contribution < -0.4 is 11.1 Å². The molecule has 116 valence electrons. The van der Waals surface area contributed by atoms with Crippen LogP contribution in [-0.2, 0) is 4.79 Å². The SMILES string of the molecule is CCCCC1CC1C(=O)NC(N)=Nc1nc2ccccc2s1. The van der Waals surface area contributed by atoms with Crippen molar-refractivity contribution in [2.24, 2.45) is 22.6 Å². The fraction of sp³-hybridized carbons (Fsp3) is 0.438. The first kappa shape index (κ1) is 15.0. The van der Waals surface area contributed by atoms with Gasteiger partial charge in [-0.2, -0.15) is 4.99 Å². The van der Waals surface area contributed by atoms with Crippen LogP contribution in [0.1, 0.15) is 32.6 Å². The number of benzene rings is 1. The molecule has 2 aromatic rings. The van der Waals surface area contributed by atoms with Crippen molar-refractivity contribution >= 4 is 38.6 Å². The topological polar surface area (TPSA) is 80.4 Å². The Morgan fingerprint density at radius 3 is 3.09 bits per heavy atom. The van der Waals surface area contributed by atoms with Crippen LogP contribution in [-0.4, -0.2) is 16.9 Å². The monoisotopic (exact) mass is 316 g/mol. The van der Waals surface area contributed by atoms with Crippen molar-refractivity contribution in [3.05, 3.63) is 24.3 Å². The van der Waals surface area contributed by atoms with Crippen molar-refractivity contribution in [2.75, 3.05) is 0 Å². The average molecular weight is 316 g/mol. The molecule has 22 heavy (non-hydrogen) atoms. The van der Waals surface area contributed by atoms with Gasteiger partial charge in [-0.15, -0.1) is 0 Å². The second kappa shape index (κ2) is 6.44. The highest BCUT2D eigenvalue weighted by atomic mass is 32.1. The van der Waals surface area contributed by atoms with E-state index in [-0.39, 0.29) is 17.8 Å². The number of nitrogens with two attached hydrogens (primary N) is 1. The molecule has 6 heteroatoms. The quantitative estimate of drug-likeness (QED) is 0.656. The van der Waals surface area contributed by atoms with Gasteiger partial charge in [0, 0.05) is 5.92 Å². The molecule has 1 amide bonds. The van der Waals surface area contributed by atoms with Crippen LogP contribution >= 0.6 is 11.3 Å². The number of thiazole rings is 1. The first-order valence-electron chi connectivity index (χ1n) is 7.68. The van der Waals surface area contributed by atoms with Gasteiger partial charge in [-0.1, -0.05) is 43.2 Å². The van der Waals surface area contributed by atoms with E-state index < -0.39 is 0 Å². The highest BCUT2D eigenvalue weighted by Gasteiger charge is 2.42. The van der Waals surface area contributed by atoms with Gasteiger partial charge in [-0.25, -0.2) is 4.98 Å². The average Bonchev–Trinajstić information content (AvgIpc) is 3.16. The third kappa shape index (κ3) is 3.44. The van der Waals surface area contributed by atoms with Crippen LogP contribution in [0.25, 0.3) is 10.2 Å². The lowest BCUT2D eigenvalue weighted by Gasteiger charge is -2.02. The number of unbranched alkanes of at least 4 members (excludes halogenated alkanes) is 1. The largest absolute Gasteiger partial charge is 0.369 e. The van der Waals surface area contributed by atoms with Crippen molar-refractivity contribution in [2.45, 2.75) is 32.6 Å². The number of carbonyl (C=O) groups excluding carboxylic acids is 1. The molecular weight excluding hydrogens is 296 g/mol. The smallest absolute Gasteiger partial charge is 0.230 e. The van der Waals surface area contributed by atoms with Crippen molar-refractivity contribution in [3.63, 3.8) is 0 Å². The van der Waals surface area contributed by atoms with Crippen LogP contribution in [0.3, 0.4) is 0 Å². The molecule has 0 radical (unpaired) electrons. The minimum atomic E-state index is -0.0107. The second-order valence-electron chi connectivity index (χ2n) is 5.69. The lowest BCUT2D eigenvalue weighted by Crippen LogP contribution is -2.37. The van der Waals surface area contributed by atoms with Crippen LogP contribution in [0, 0.1) is 11.8 Å². The molecule has 1 saturated carbocycles. The van der Waals surface area contributed by atoms with E-state index in [4.69, 9.17) is 5.73 Å². The van der Waals surface area contributed by atoms with Gasteiger partial charge in [0.05, 0.1) is 10.2 Å². The summed E-state index contributed by atoms with van der Waals surface area (Å²) in [7, 11) is 0. The maximum Gasteiger partial charge on any atom is 0.230 e. The number of guanidine groups is 1. The van der Waals surface area contributed by atoms with Gasteiger partial charge in [-0.05, 0) is 30.9 Å². The van der Waals surface area contributed by atoms with Gasteiger partial charge in [-0.3, -0.25) is 10.1 Å². The standard InChI is InChI=1S/C16H20N4OS/c1-2-3-6-10-9-11(10)14(21)19-15(17)20-16-18-12-7-4-5-8-13(12)22-16/h4-5,7-8,10-11H,2-3,6,9H2,1H3,(H3,17,18,19,20,21). The summed E-state index contributed by atoms with van der Waals surface area (Å²) in [6.07, 6.45) is 4.46. The Kier molecular flexibility index (Phi) is 4.38. The first-order valence-corrected chi connectivity index (χ1v) is 8.49. The zero-order chi connectivity index (χ0) is 15.5. The van der Waals surface area contributed by atoms with Gasteiger partial charge >= 0.3 is 0 Å². The number of carbonyl (C=O) groups is 1. The molecule has 1 aliphatic carbocycles. The van der Waals surface area contributed by atoms with E-state index in [0.29, 0.717) is 11.0 Å². The summed E-state index contributed by atoms with van der Waals surface area (Å²) in [4.78, 5) is 20.6. The van der Waals surface area contributed by atoms with Crippen LogP contribution in [0.2, 0.25) is 0 Å². The van der Waals surface area contributed by atoms with E-state index in [1.807, 2.05) is 24.3 Å². The lowest BCUT2D eigenvalue weighted by molar-refractivity contribution is -0.121. The van der Waals surface area contributed by atoms with Gasteiger partial charge in [0.25, 0.3) is 0 Å². The molecule has 1 heterocycles. The van der Waals surface area contributed by atoms with Crippen LogP contribution in [0.5, 0.6) is 0 Å². The molecular formula is C16H20N4OS. The summed E-state index contributed by atoms with van der Waals surface area (Å²) in [5.74, 6) is 0.750. The zero-order valence-corrected chi connectivity index (χ0v) is 13.4. The van der Waals surface area contributed by atoms with E-state index >= 15 is 0 Å². The second-order valence-corrected chi connectivity index (χ2v) is 6.70. The summed E-state index contributed by atoms with van der Waals surface area (Å²) in [5, 5.41) is 3.26. The fourth-order valence-electron chi connectivity index (χ4n) is 2.61. The number of aromatic nitrogens is 1. The molecule has 1 aromatic heterocycles. The van der Waals surface area contributed by atoms with E-state index in [1.165, 1.54) is 24.2 Å². The number of hydrogen-bond acceptors (Lipinski definition) is 4. The molecule has 3 N–H and O–H groups in total. The molecule has 2 atom stereocenters. The van der Waals surface area contributed by atoms with Gasteiger partial charge in [0.1, 0.15) is 0 Å². The molecule has 2 unspecified atom stereocenters. The Morgan fingerprint density at radius 1 is 1.50 bits per heavy atom. The summed E-state index contributed by atoms with van der Waals surface area (Å²) in [6.45, 7) is 2.17. The van der Waals surface area contributed by atoms with Crippen molar-refractivity contribution < 1.29 is 4.79 Å². The summed E-state index contributed by atoms with van der Waals surface area (Å²) in [6, 6.07) is 7.82. The Morgan fingerprint density at radius 2 is 2.32 bits per heavy atom. The number of amides is 1. The highest BCUT2D eigenvalue weighted by molar-refractivity contribution is 7.22. The Hall–Kier alpha value is -1.95. The van der Waals surface area contributed by atoms with Crippen molar-refractivity contribution in [1.82, 2.24) is 10.3 Å². The molecule has 1 fully saturated rings. The normalized spacial score (nSPS) is 21.0. The number of fused-ring (bicyclic) bond motifs is 1. The number of aliphatic imine (C=N–C) groups is 1. The molecule has 0 bridgehead atoms. The van der Waals surface area contributed by atoms with Crippen molar-refractivity contribution in [3.8, 4) is 0 Å². The third-order valence-corrected chi connectivity index (χ3v) is 4.87. The predicted octanol–water partition coefficient (Wildman–Crippen LogP) is 3.19. The number of hydrogen-bond donors (Lipinski definition) is 2. The van der Waals surface area contributed by atoms with E-state index in [1.54, 1.807) is 0 Å². The number of nitrogens with zero attached hydrogens (tertiary/aromatic N) is 2. The fourth-order valence-corrected chi connectivity index (χ4v) is 3.46. The van der Waals surface area contributed by atoms with Crippen LogP contribution in [0.4, 0.5) is 5.13 Å². The minimum Gasteiger partial charge on any atom is -0.369 e. The van der Waals surface area contributed by atoms with E-state index in [9.17, 15) is 4.79 Å². The Balaban J connectivity index is 1.59. The maximum absolute atomic E-state index is 12.1. The number of para-hydroxylation sites is 1. The molecule has 0 spiro atoms. The highest BCUT2D eigenvalue weighted by Crippen LogP contribution is 2.42. The molecule has 5 nitrogen and oxygen atoms in total. The molecule has 1 aliphatic rings. The predicted molar refractivity (Wildman–Crippen MR) is 90.2 cm³/mol. The van der Waals surface area contributed by atoms with E-state index in [0.717, 1.165) is 23.1 Å². The number of rotatable bonds is 5. The minimum absolute atomic E-state index is 0.0107. The molecule has 3 rings (SSSR count). The summed E-state index contributed by atoms with van der Waals surface area (Å²) >= 11 is 1.46. The number of nitrogens with one attached hydrogen (secondary N) is 1. The summed E-state index contributed by atoms with van der Waals surface area (Å²) < 4.78 is 1.06. The van der Waals surface area contributed by atoms with E-state index in [2.05, 4.69) is 22.2 Å². The maximum atomic E-state index is 12.1. The van der Waals surface area contributed by atoms with Gasteiger partial charge in [0.2, 0.25) is 17.0 Å². The van der Waals surface area contributed by atoms with Crippen molar-refractivity contribution in [1.29, 1.82) is 0 Å². The summed E-state index contributed by atoms with van der Waals surface area (Å²) in [5.41, 5.74) is 6.72. The van der Waals surface area contributed by atoms with Crippen LogP contribution in [0.15, 0.2) is 29.3 Å².